The van der Waals surface area contributed by atoms with Gasteiger partial charge in [0.1, 0.15) is 6.10 Å². The first-order valence-electron chi connectivity index (χ1n) is 11.7. The lowest BCUT2D eigenvalue weighted by molar-refractivity contribution is 0.0155. The highest BCUT2D eigenvalue weighted by Crippen LogP contribution is 2.33. The maximum absolute atomic E-state index is 10.3. The van der Waals surface area contributed by atoms with Gasteiger partial charge in [0, 0.05) is 18.1 Å². The van der Waals surface area contributed by atoms with Crippen molar-refractivity contribution < 1.29 is 14.9 Å². The van der Waals surface area contributed by atoms with Gasteiger partial charge in [-0.1, -0.05) is 72.3 Å². The van der Waals surface area contributed by atoms with Crippen LogP contribution in [0.5, 0.6) is 6.01 Å². The van der Waals surface area contributed by atoms with Crippen LogP contribution in [0.4, 0.5) is 0 Å². The van der Waals surface area contributed by atoms with E-state index in [1.807, 2.05) is 24.3 Å². The van der Waals surface area contributed by atoms with Crippen molar-refractivity contribution in [3.05, 3.63) is 77.8 Å². The number of aliphatic hydroxyl groups excluding tert-OH is 2. The molecular formula is C28H24ClN3O3. The Bertz CT molecular complexity index is 1520. The molecule has 7 heteroatoms. The molecule has 0 amide bonds. The predicted molar refractivity (Wildman–Crippen MR) is 138 cm³/mol. The number of hydrogen-bond acceptors (Lipinski definition) is 5. The summed E-state index contributed by atoms with van der Waals surface area (Å²) in [6, 6.07) is 25.0. The zero-order valence-electron chi connectivity index (χ0n) is 18.9. The van der Waals surface area contributed by atoms with Crippen LogP contribution in [0.2, 0.25) is 5.02 Å². The number of ether oxygens (including phenoxy) is 1. The number of aliphatic hydroxyl groups is 2. The summed E-state index contributed by atoms with van der Waals surface area (Å²) in [5, 5.41) is 22.6. The van der Waals surface area contributed by atoms with E-state index in [4.69, 9.17) is 16.3 Å². The van der Waals surface area contributed by atoms with E-state index in [0.29, 0.717) is 34.7 Å². The van der Waals surface area contributed by atoms with Crippen LogP contribution in [0.15, 0.2) is 72.8 Å². The van der Waals surface area contributed by atoms with Crippen LogP contribution in [0.3, 0.4) is 0 Å². The monoisotopic (exact) mass is 485 g/mol. The van der Waals surface area contributed by atoms with Crippen molar-refractivity contribution >= 4 is 33.5 Å². The Morgan fingerprint density at radius 1 is 0.886 bits per heavy atom. The topological polar surface area (TPSA) is 91.3 Å². The summed E-state index contributed by atoms with van der Waals surface area (Å²) in [5.74, 6) is -0.166. The molecule has 1 saturated carbocycles. The van der Waals surface area contributed by atoms with Gasteiger partial charge in [0.15, 0.2) is 5.65 Å². The van der Waals surface area contributed by atoms with Gasteiger partial charge < -0.3 is 19.9 Å². The van der Waals surface area contributed by atoms with Crippen molar-refractivity contribution in [1.29, 1.82) is 0 Å². The molecule has 0 saturated heterocycles. The molecule has 1 aliphatic carbocycles. The maximum Gasteiger partial charge on any atom is 0.296 e. The van der Waals surface area contributed by atoms with Crippen molar-refractivity contribution in [2.24, 2.45) is 5.92 Å². The molecule has 0 bridgehead atoms. The van der Waals surface area contributed by atoms with Crippen molar-refractivity contribution in [3.8, 4) is 28.4 Å². The summed E-state index contributed by atoms with van der Waals surface area (Å²) in [6.45, 7) is -0.0542. The molecule has 0 radical (unpaired) electrons. The van der Waals surface area contributed by atoms with E-state index in [1.54, 1.807) is 6.07 Å². The molecule has 35 heavy (non-hydrogen) atoms. The molecule has 6 rings (SSSR count). The number of H-pyrrole nitrogens is 1. The number of fused-ring (bicyclic) bond motifs is 2. The van der Waals surface area contributed by atoms with E-state index < -0.39 is 12.2 Å². The Balaban J connectivity index is 1.26. The fourth-order valence-electron chi connectivity index (χ4n) is 4.84. The van der Waals surface area contributed by atoms with Gasteiger partial charge in [-0.15, -0.1) is 0 Å². The molecule has 0 aliphatic heterocycles. The Morgan fingerprint density at radius 3 is 2.40 bits per heavy atom. The highest BCUT2D eigenvalue weighted by molar-refractivity contribution is 6.33. The minimum absolute atomic E-state index is 0.0542. The zero-order valence-corrected chi connectivity index (χ0v) is 19.6. The van der Waals surface area contributed by atoms with Crippen LogP contribution in [0.25, 0.3) is 44.3 Å². The maximum atomic E-state index is 10.3. The third-order valence-corrected chi connectivity index (χ3v) is 7.12. The predicted octanol–water partition coefficient (Wildman–Crippen LogP) is 5.61. The second kappa shape index (κ2) is 8.96. The molecule has 3 N–H and O–H groups in total. The van der Waals surface area contributed by atoms with Gasteiger partial charge in [-0.3, -0.25) is 0 Å². The fourth-order valence-corrected chi connectivity index (χ4v) is 5.10. The van der Waals surface area contributed by atoms with Gasteiger partial charge in [0.2, 0.25) is 0 Å². The van der Waals surface area contributed by atoms with Gasteiger partial charge in [-0.25, -0.2) is 4.98 Å². The third kappa shape index (κ3) is 4.14. The molecule has 3 atom stereocenters. The molecule has 176 valence electrons. The lowest BCUT2D eigenvalue weighted by atomic mass is 9.99. The summed E-state index contributed by atoms with van der Waals surface area (Å²) in [6.07, 6.45) is 0.241. The lowest BCUT2D eigenvalue weighted by Gasteiger charge is -2.17. The second-order valence-electron chi connectivity index (χ2n) is 9.04. The largest absolute Gasteiger partial charge is 0.459 e. The molecule has 6 nitrogen and oxygen atoms in total. The SMILES string of the molecule is OC[C@H]1CC[C@@H](Oc2nc3nc(-c4ccc(-c5ccc6ccccc6c5)cc4)c(Cl)cc3[nH]2)[C@@H]1O. The molecule has 1 fully saturated rings. The van der Waals surface area contributed by atoms with E-state index in [2.05, 4.69) is 57.4 Å². The highest BCUT2D eigenvalue weighted by Gasteiger charge is 2.36. The van der Waals surface area contributed by atoms with Crippen molar-refractivity contribution in [2.45, 2.75) is 25.0 Å². The third-order valence-electron chi connectivity index (χ3n) is 6.83. The van der Waals surface area contributed by atoms with Crippen LogP contribution in [-0.2, 0) is 0 Å². The number of benzene rings is 3. The Kier molecular flexibility index (Phi) is 5.65. The summed E-state index contributed by atoms with van der Waals surface area (Å²) >= 11 is 6.58. The molecule has 1 aliphatic rings. The first-order chi connectivity index (χ1) is 17.1. The zero-order chi connectivity index (χ0) is 23.9. The molecule has 0 spiro atoms. The van der Waals surface area contributed by atoms with Gasteiger partial charge in [-0.2, -0.15) is 4.98 Å². The number of nitrogens with one attached hydrogen (secondary N) is 1. The number of aromatic nitrogens is 3. The number of nitrogens with zero attached hydrogens (tertiary/aromatic N) is 2. The normalized spacial score (nSPS) is 20.0. The summed E-state index contributed by atoms with van der Waals surface area (Å²) < 4.78 is 5.87. The van der Waals surface area contributed by atoms with Crippen molar-refractivity contribution in [1.82, 2.24) is 15.0 Å². The Hall–Kier alpha value is -3.45. The van der Waals surface area contributed by atoms with Gasteiger partial charge in [0.05, 0.1) is 22.3 Å². The van der Waals surface area contributed by atoms with Crippen molar-refractivity contribution in [2.75, 3.05) is 6.61 Å². The van der Waals surface area contributed by atoms with Crippen LogP contribution >= 0.6 is 11.6 Å². The smallest absolute Gasteiger partial charge is 0.296 e. The molecule has 3 aromatic carbocycles. The highest BCUT2D eigenvalue weighted by atomic mass is 35.5. The Labute approximate surface area is 207 Å². The first-order valence-corrected chi connectivity index (χ1v) is 12.1. The minimum atomic E-state index is -0.721. The molecule has 2 aromatic heterocycles. The number of pyridine rings is 1. The molecule has 0 unspecified atom stereocenters. The Morgan fingerprint density at radius 2 is 1.63 bits per heavy atom. The van der Waals surface area contributed by atoms with E-state index in [1.165, 1.54) is 10.8 Å². The number of rotatable bonds is 5. The van der Waals surface area contributed by atoms with Crippen LogP contribution in [0.1, 0.15) is 12.8 Å². The van der Waals surface area contributed by atoms with E-state index in [9.17, 15) is 10.2 Å². The number of halogens is 1. The number of aromatic amines is 1. The summed E-state index contributed by atoms with van der Waals surface area (Å²) in [5.41, 5.74) is 4.95. The van der Waals surface area contributed by atoms with E-state index >= 15 is 0 Å². The first kappa shape index (κ1) is 22.0. The van der Waals surface area contributed by atoms with Crippen LogP contribution < -0.4 is 4.74 Å². The van der Waals surface area contributed by atoms with E-state index in [-0.39, 0.29) is 18.5 Å². The second-order valence-corrected chi connectivity index (χ2v) is 9.45. The average molecular weight is 486 g/mol. The lowest BCUT2D eigenvalue weighted by Crippen LogP contribution is -2.31. The summed E-state index contributed by atoms with van der Waals surface area (Å²) in [4.78, 5) is 12.2. The van der Waals surface area contributed by atoms with Crippen molar-refractivity contribution in [3.63, 3.8) is 0 Å². The minimum Gasteiger partial charge on any atom is -0.459 e. The number of hydrogen-bond donors (Lipinski definition) is 3. The average Bonchev–Trinajstić information content (AvgIpc) is 3.45. The van der Waals surface area contributed by atoms with Gasteiger partial charge in [-0.05, 0) is 46.9 Å². The quantitative estimate of drug-likeness (QED) is 0.301. The molecule has 2 heterocycles. The molecular weight excluding hydrogens is 462 g/mol. The van der Waals surface area contributed by atoms with E-state index in [0.717, 1.165) is 16.7 Å². The van der Waals surface area contributed by atoms with Crippen LogP contribution in [0, 0.1) is 5.92 Å². The van der Waals surface area contributed by atoms with Crippen LogP contribution in [-0.4, -0.2) is 44.0 Å². The van der Waals surface area contributed by atoms with Gasteiger partial charge >= 0.3 is 0 Å². The summed E-state index contributed by atoms with van der Waals surface area (Å²) in [7, 11) is 0. The fraction of sp³-hybridized carbons (Fsp3) is 0.214. The standard InChI is InChI=1S/C28H24ClN3O3/c29-22-14-23-27(32-28(30-23)35-24-12-11-21(15-33)26(24)34)31-25(22)18-8-5-17(6-9-18)20-10-7-16-3-1-2-4-19(16)13-20/h1-10,13-14,21,24,26,33-34H,11-12,15H2,(H,30,31,32)/t21-,24-,26-/m1/s1. The number of imidazole rings is 1. The van der Waals surface area contributed by atoms with Gasteiger partial charge in [0.25, 0.3) is 6.01 Å². The molecule has 5 aromatic rings.